The zero-order valence-electron chi connectivity index (χ0n) is 20.0. The van der Waals surface area contributed by atoms with Crippen LogP contribution in [0.3, 0.4) is 0 Å². The van der Waals surface area contributed by atoms with E-state index >= 15 is 0 Å². The molecule has 0 fully saturated rings. The van der Waals surface area contributed by atoms with Crippen LogP contribution in [0.4, 0.5) is 5.69 Å². The van der Waals surface area contributed by atoms with Gasteiger partial charge in [0.2, 0.25) is 0 Å². The SMILES string of the molecule is Cc1nnc(CN=C(NCCCN(C)c2ccccc2)NCC(C)(O)c2ccccc2)n1C. The molecule has 8 nitrogen and oxygen atoms in total. The number of benzene rings is 2. The van der Waals surface area contributed by atoms with Crippen LogP contribution in [0.1, 0.15) is 30.6 Å². The average molecular weight is 450 g/mol. The summed E-state index contributed by atoms with van der Waals surface area (Å²) in [6.07, 6.45) is 0.935. The number of para-hydroxylation sites is 1. The number of rotatable bonds is 10. The number of nitrogens with zero attached hydrogens (tertiary/aromatic N) is 5. The number of hydrogen-bond acceptors (Lipinski definition) is 5. The van der Waals surface area contributed by atoms with Gasteiger partial charge in [-0.15, -0.1) is 10.2 Å². The van der Waals surface area contributed by atoms with Crippen LogP contribution in [-0.2, 0) is 19.2 Å². The summed E-state index contributed by atoms with van der Waals surface area (Å²) in [6, 6.07) is 20.0. The summed E-state index contributed by atoms with van der Waals surface area (Å²) in [7, 11) is 4.02. The molecule has 0 saturated carbocycles. The molecule has 1 unspecified atom stereocenters. The summed E-state index contributed by atoms with van der Waals surface area (Å²) < 4.78 is 1.93. The van der Waals surface area contributed by atoms with Gasteiger partial charge in [0.1, 0.15) is 18.0 Å². The maximum absolute atomic E-state index is 11.0. The molecule has 3 aromatic rings. The molecular weight excluding hydrogens is 414 g/mol. The molecule has 8 heteroatoms. The molecule has 2 aromatic carbocycles. The van der Waals surface area contributed by atoms with Crippen LogP contribution in [0, 0.1) is 6.92 Å². The highest BCUT2D eigenvalue weighted by atomic mass is 16.3. The molecule has 0 aliphatic carbocycles. The number of nitrogens with one attached hydrogen (secondary N) is 2. The molecule has 3 rings (SSSR count). The minimum Gasteiger partial charge on any atom is -0.384 e. The second-order valence-corrected chi connectivity index (χ2v) is 8.42. The third kappa shape index (κ3) is 7.05. The smallest absolute Gasteiger partial charge is 0.191 e. The molecular formula is C25H35N7O. The van der Waals surface area contributed by atoms with Crippen molar-refractivity contribution in [1.29, 1.82) is 0 Å². The summed E-state index contributed by atoms with van der Waals surface area (Å²) in [5, 5.41) is 25.9. The molecule has 1 aromatic heterocycles. The Balaban J connectivity index is 1.59. The Bertz CT molecular complexity index is 1020. The maximum atomic E-state index is 11.0. The van der Waals surface area contributed by atoms with Crippen LogP contribution in [0.5, 0.6) is 0 Å². The molecule has 0 aliphatic rings. The molecule has 1 heterocycles. The Morgan fingerprint density at radius 2 is 1.73 bits per heavy atom. The Morgan fingerprint density at radius 3 is 2.36 bits per heavy atom. The minimum absolute atomic E-state index is 0.324. The van der Waals surface area contributed by atoms with Crippen molar-refractivity contribution in [2.45, 2.75) is 32.4 Å². The van der Waals surface area contributed by atoms with Gasteiger partial charge in [-0.25, -0.2) is 4.99 Å². The lowest BCUT2D eigenvalue weighted by atomic mass is 9.96. The van der Waals surface area contributed by atoms with Gasteiger partial charge in [0.15, 0.2) is 11.8 Å². The van der Waals surface area contributed by atoms with E-state index in [9.17, 15) is 5.11 Å². The van der Waals surface area contributed by atoms with Crippen molar-refractivity contribution in [3.63, 3.8) is 0 Å². The van der Waals surface area contributed by atoms with Crippen molar-refractivity contribution in [3.05, 3.63) is 77.9 Å². The first kappa shape index (κ1) is 24.3. The second-order valence-electron chi connectivity index (χ2n) is 8.42. The molecule has 0 saturated heterocycles. The van der Waals surface area contributed by atoms with Gasteiger partial charge < -0.3 is 25.2 Å². The van der Waals surface area contributed by atoms with Crippen molar-refractivity contribution >= 4 is 11.6 Å². The zero-order chi connectivity index (χ0) is 23.7. The maximum Gasteiger partial charge on any atom is 0.191 e. The Kier molecular flexibility index (Phi) is 8.43. The van der Waals surface area contributed by atoms with E-state index in [0.29, 0.717) is 19.0 Å². The monoisotopic (exact) mass is 449 g/mol. The quantitative estimate of drug-likeness (QED) is 0.250. The molecule has 3 N–H and O–H groups in total. The van der Waals surface area contributed by atoms with E-state index in [1.807, 2.05) is 67.1 Å². The van der Waals surface area contributed by atoms with E-state index in [1.165, 1.54) is 5.69 Å². The fourth-order valence-electron chi connectivity index (χ4n) is 3.40. The fourth-order valence-corrected chi connectivity index (χ4v) is 3.40. The summed E-state index contributed by atoms with van der Waals surface area (Å²) in [5.41, 5.74) is 1.02. The first-order valence-electron chi connectivity index (χ1n) is 11.3. The van der Waals surface area contributed by atoms with Crippen LogP contribution in [-0.4, -0.2) is 52.5 Å². The lowest BCUT2D eigenvalue weighted by Crippen LogP contribution is -2.45. The van der Waals surface area contributed by atoms with E-state index in [4.69, 9.17) is 0 Å². The number of aliphatic imine (C=N–C) groups is 1. The van der Waals surface area contributed by atoms with Crippen LogP contribution in [0.2, 0.25) is 0 Å². The normalized spacial score (nSPS) is 13.4. The highest BCUT2D eigenvalue weighted by Crippen LogP contribution is 2.18. The van der Waals surface area contributed by atoms with Crippen LogP contribution < -0.4 is 15.5 Å². The number of anilines is 1. The molecule has 176 valence electrons. The van der Waals surface area contributed by atoms with Gasteiger partial charge in [-0.3, -0.25) is 0 Å². The van der Waals surface area contributed by atoms with Crippen LogP contribution in [0.15, 0.2) is 65.7 Å². The topological polar surface area (TPSA) is 90.6 Å². The Hall–Kier alpha value is -3.39. The number of aromatic nitrogens is 3. The molecule has 0 spiro atoms. The highest BCUT2D eigenvalue weighted by molar-refractivity contribution is 5.79. The Morgan fingerprint density at radius 1 is 1.06 bits per heavy atom. The second kappa shape index (κ2) is 11.5. The first-order chi connectivity index (χ1) is 15.9. The third-order valence-electron chi connectivity index (χ3n) is 5.72. The van der Waals surface area contributed by atoms with Crippen molar-refractivity contribution in [3.8, 4) is 0 Å². The summed E-state index contributed by atoms with van der Waals surface area (Å²) in [5.74, 6) is 2.26. The molecule has 0 bridgehead atoms. The highest BCUT2D eigenvalue weighted by Gasteiger charge is 2.23. The van der Waals surface area contributed by atoms with Crippen molar-refractivity contribution in [1.82, 2.24) is 25.4 Å². The van der Waals surface area contributed by atoms with Crippen molar-refractivity contribution in [2.24, 2.45) is 12.0 Å². The molecule has 33 heavy (non-hydrogen) atoms. The van der Waals surface area contributed by atoms with Gasteiger partial charge in [0, 0.05) is 32.9 Å². The molecule has 0 aliphatic heterocycles. The summed E-state index contributed by atoms with van der Waals surface area (Å²) in [6.45, 7) is 6.09. The lowest BCUT2D eigenvalue weighted by molar-refractivity contribution is 0.0617. The van der Waals surface area contributed by atoms with Crippen LogP contribution >= 0.6 is 0 Å². The van der Waals surface area contributed by atoms with Gasteiger partial charge >= 0.3 is 0 Å². The van der Waals surface area contributed by atoms with E-state index in [0.717, 1.165) is 36.7 Å². The largest absolute Gasteiger partial charge is 0.384 e. The van der Waals surface area contributed by atoms with E-state index in [1.54, 1.807) is 6.92 Å². The predicted octanol–water partition coefficient (Wildman–Crippen LogP) is 2.59. The summed E-state index contributed by atoms with van der Waals surface area (Å²) >= 11 is 0. The number of aryl methyl sites for hydroxylation is 1. The van der Waals surface area contributed by atoms with E-state index in [-0.39, 0.29) is 0 Å². The van der Waals surface area contributed by atoms with Gasteiger partial charge in [-0.2, -0.15) is 0 Å². The molecule has 1 atom stereocenters. The first-order valence-corrected chi connectivity index (χ1v) is 11.3. The van der Waals surface area contributed by atoms with E-state index in [2.05, 4.69) is 49.9 Å². The number of hydrogen-bond donors (Lipinski definition) is 3. The number of aliphatic hydroxyl groups is 1. The molecule has 0 radical (unpaired) electrons. The fraction of sp³-hybridized carbons (Fsp3) is 0.400. The third-order valence-corrected chi connectivity index (χ3v) is 5.72. The van der Waals surface area contributed by atoms with Gasteiger partial charge in [-0.1, -0.05) is 48.5 Å². The standard InChI is InChI=1S/C25H35N7O/c1-20-29-30-23(32(20)4)18-27-24(28-19-25(2,33)21-12-7-5-8-13-21)26-16-11-17-31(3)22-14-9-6-10-15-22/h5-10,12-15,33H,11,16-19H2,1-4H3,(H2,26,27,28). The zero-order valence-corrected chi connectivity index (χ0v) is 20.0. The minimum atomic E-state index is -1.03. The Labute approximate surface area is 196 Å². The van der Waals surface area contributed by atoms with Gasteiger partial charge in [-0.05, 0) is 38.0 Å². The van der Waals surface area contributed by atoms with E-state index < -0.39 is 5.60 Å². The average Bonchev–Trinajstić information content (AvgIpc) is 3.16. The predicted molar refractivity (Wildman–Crippen MR) is 133 cm³/mol. The van der Waals surface area contributed by atoms with Gasteiger partial charge in [0.05, 0.1) is 6.54 Å². The molecule has 0 amide bonds. The number of guanidine groups is 1. The summed E-state index contributed by atoms with van der Waals surface area (Å²) in [4.78, 5) is 6.92. The lowest BCUT2D eigenvalue weighted by Gasteiger charge is -2.25. The van der Waals surface area contributed by atoms with Crippen molar-refractivity contribution < 1.29 is 5.11 Å². The van der Waals surface area contributed by atoms with Gasteiger partial charge in [0.25, 0.3) is 0 Å². The van der Waals surface area contributed by atoms with Crippen LogP contribution in [0.25, 0.3) is 0 Å². The van der Waals surface area contributed by atoms with Crippen molar-refractivity contribution in [2.75, 3.05) is 31.6 Å².